The monoisotopic (exact) mass is 543 g/mol. The van der Waals surface area contributed by atoms with E-state index in [0.717, 1.165) is 50.1 Å². The van der Waals surface area contributed by atoms with Crippen LogP contribution in [0.5, 0.6) is 0 Å². The zero-order valence-electron chi connectivity index (χ0n) is 23.9. The molecule has 3 saturated heterocycles. The molecule has 39 heavy (non-hydrogen) atoms. The summed E-state index contributed by atoms with van der Waals surface area (Å²) < 4.78 is 33.6. The second kappa shape index (κ2) is 11.3. The molecule has 1 N–H and O–H groups in total. The number of allylic oxidation sites excluding steroid dienone is 1. The first-order chi connectivity index (χ1) is 18.5. The number of nitrogens with zero attached hydrogens (tertiary/aromatic N) is 4. The Balaban J connectivity index is 1.31. The van der Waals surface area contributed by atoms with Crippen LogP contribution in [0.4, 0.5) is 8.78 Å². The summed E-state index contributed by atoms with van der Waals surface area (Å²) in [5, 5.41) is 3.61. The number of nitrogens with one attached hydrogen (secondary N) is 1. The van der Waals surface area contributed by atoms with Crippen molar-refractivity contribution in [2.45, 2.75) is 65.4 Å². The summed E-state index contributed by atoms with van der Waals surface area (Å²) >= 11 is 0. The van der Waals surface area contributed by atoms with E-state index in [9.17, 15) is 13.6 Å². The Labute approximate surface area is 231 Å². The first kappa shape index (κ1) is 28.2. The topological polar surface area (TPSA) is 51.3 Å². The average molecular weight is 544 g/mol. The van der Waals surface area contributed by atoms with Crippen LogP contribution in [0.1, 0.15) is 40.2 Å². The Morgan fingerprint density at radius 1 is 1.15 bits per heavy atom. The van der Waals surface area contributed by atoms with Gasteiger partial charge in [-0.15, -0.1) is 0 Å². The van der Waals surface area contributed by atoms with E-state index in [1.54, 1.807) is 0 Å². The first-order valence-corrected chi connectivity index (χ1v) is 14.2. The van der Waals surface area contributed by atoms with Gasteiger partial charge in [0.05, 0.1) is 25.0 Å². The molecule has 0 radical (unpaired) electrons. The minimum atomic E-state index is -0.581. The predicted octanol–water partition coefficient (Wildman–Crippen LogP) is 3.19. The van der Waals surface area contributed by atoms with E-state index in [1.165, 1.54) is 12.1 Å². The number of piperazine rings is 1. The highest BCUT2D eigenvalue weighted by atomic mass is 19.1. The van der Waals surface area contributed by atoms with E-state index in [-0.39, 0.29) is 23.5 Å². The van der Waals surface area contributed by atoms with Crippen LogP contribution in [0.3, 0.4) is 0 Å². The number of benzene rings is 1. The maximum absolute atomic E-state index is 14.4. The van der Waals surface area contributed by atoms with Gasteiger partial charge in [-0.1, -0.05) is 26.0 Å². The van der Waals surface area contributed by atoms with Crippen LogP contribution in [-0.2, 0) is 16.1 Å². The largest absolute Gasteiger partial charge is 0.376 e. The molecule has 4 aliphatic rings. The third kappa shape index (κ3) is 6.21. The lowest BCUT2D eigenvalue weighted by Gasteiger charge is -2.44. The number of morpholine rings is 1. The number of carbonyl (C=O) groups is 1. The second-order valence-corrected chi connectivity index (χ2v) is 12.5. The van der Waals surface area contributed by atoms with Gasteiger partial charge in [0.25, 0.3) is 0 Å². The van der Waals surface area contributed by atoms with Crippen molar-refractivity contribution in [3.05, 3.63) is 58.9 Å². The van der Waals surface area contributed by atoms with Crippen LogP contribution >= 0.6 is 0 Å². The fourth-order valence-corrected chi connectivity index (χ4v) is 6.37. The molecule has 4 atom stereocenters. The van der Waals surface area contributed by atoms with Crippen molar-refractivity contribution in [3.63, 3.8) is 0 Å². The van der Waals surface area contributed by atoms with Crippen molar-refractivity contribution in [3.8, 4) is 0 Å². The van der Waals surface area contributed by atoms with E-state index >= 15 is 0 Å². The quantitative estimate of drug-likeness (QED) is 0.595. The van der Waals surface area contributed by atoms with E-state index in [1.807, 2.05) is 16.0 Å². The minimum absolute atomic E-state index is 0.0926. The Morgan fingerprint density at radius 3 is 2.72 bits per heavy atom. The van der Waals surface area contributed by atoms with Gasteiger partial charge >= 0.3 is 0 Å². The Bertz CT molecular complexity index is 1140. The third-order valence-electron chi connectivity index (χ3n) is 8.62. The SMILES string of the molecule is C[C@@H]1CN(CC(=O)N2CC(C)(C)C3=CCN(Cc4ccc(F)cc4F)C=C32)[C@@H](CN2C[C@H](C)OC[C@H]2C)CN1. The van der Waals surface area contributed by atoms with Crippen LogP contribution in [0.15, 0.2) is 41.7 Å². The summed E-state index contributed by atoms with van der Waals surface area (Å²) in [4.78, 5) is 22.7. The van der Waals surface area contributed by atoms with Crippen molar-refractivity contribution >= 4 is 5.91 Å². The number of amides is 1. The standard InChI is InChI=1S/C30H43F2N5O2/c1-20-12-36(25(11-33-20)15-35-13-22(3)39-18-21(35)2)17-29(38)37-19-30(4,5)26-8-9-34(16-28(26)37)14-23-6-7-24(31)10-27(23)32/h6-8,10,16,20-22,25,33H,9,11-15,17-19H2,1-5H3/t20-,21-,22+,25-/m1/s1. The van der Waals surface area contributed by atoms with Crippen LogP contribution in [0.2, 0.25) is 0 Å². The summed E-state index contributed by atoms with van der Waals surface area (Å²) in [6, 6.07) is 4.61. The second-order valence-electron chi connectivity index (χ2n) is 12.5. The number of carbonyl (C=O) groups excluding carboxylic acids is 1. The zero-order chi connectivity index (χ0) is 27.9. The first-order valence-electron chi connectivity index (χ1n) is 14.2. The van der Waals surface area contributed by atoms with Crippen LogP contribution in [0.25, 0.3) is 0 Å². The molecule has 214 valence electrons. The highest BCUT2D eigenvalue weighted by Gasteiger charge is 2.43. The summed E-state index contributed by atoms with van der Waals surface area (Å²) in [5.74, 6) is -1.04. The molecule has 5 rings (SSSR count). The van der Waals surface area contributed by atoms with Crippen molar-refractivity contribution in [1.82, 2.24) is 24.9 Å². The summed E-state index contributed by atoms with van der Waals surface area (Å²) in [6.07, 6.45) is 4.36. The van der Waals surface area contributed by atoms with Gasteiger partial charge in [0.2, 0.25) is 5.91 Å². The fourth-order valence-electron chi connectivity index (χ4n) is 6.37. The van der Waals surface area contributed by atoms with Crippen LogP contribution in [-0.4, -0.2) is 102 Å². The fraction of sp³-hybridized carbons (Fsp3) is 0.633. The summed E-state index contributed by atoms with van der Waals surface area (Å²) in [7, 11) is 0. The lowest BCUT2D eigenvalue weighted by molar-refractivity contribution is -0.131. The molecule has 0 unspecified atom stereocenters. The molecule has 3 fully saturated rings. The molecule has 0 aromatic heterocycles. The molecule has 0 bridgehead atoms. The smallest absolute Gasteiger partial charge is 0.241 e. The zero-order valence-corrected chi connectivity index (χ0v) is 23.9. The lowest BCUT2D eigenvalue weighted by Crippen LogP contribution is -2.62. The molecular formula is C30H43F2N5O2. The number of likely N-dealkylation sites (tertiary alicyclic amines) is 1. The van der Waals surface area contributed by atoms with Gasteiger partial charge in [0.1, 0.15) is 11.6 Å². The van der Waals surface area contributed by atoms with Gasteiger partial charge in [-0.2, -0.15) is 0 Å². The molecule has 1 aromatic rings. The molecule has 4 heterocycles. The van der Waals surface area contributed by atoms with Gasteiger partial charge < -0.3 is 19.9 Å². The van der Waals surface area contributed by atoms with Gasteiger partial charge in [0, 0.05) is 87.2 Å². The van der Waals surface area contributed by atoms with Gasteiger partial charge in [-0.25, -0.2) is 8.78 Å². The number of rotatable bonds is 6. The minimum Gasteiger partial charge on any atom is -0.376 e. The normalized spacial score (nSPS) is 29.7. The molecule has 9 heteroatoms. The molecule has 1 amide bonds. The van der Waals surface area contributed by atoms with Gasteiger partial charge in [0.15, 0.2) is 0 Å². The van der Waals surface area contributed by atoms with Crippen molar-refractivity contribution in [2.24, 2.45) is 5.41 Å². The van der Waals surface area contributed by atoms with E-state index in [2.05, 4.69) is 55.8 Å². The Hall–Kier alpha value is -2.33. The van der Waals surface area contributed by atoms with Crippen LogP contribution < -0.4 is 5.32 Å². The number of ether oxygens (including phenoxy) is 1. The van der Waals surface area contributed by atoms with E-state index in [0.29, 0.717) is 43.8 Å². The van der Waals surface area contributed by atoms with E-state index < -0.39 is 11.6 Å². The van der Waals surface area contributed by atoms with Crippen molar-refractivity contribution < 1.29 is 18.3 Å². The van der Waals surface area contributed by atoms with E-state index in [4.69, 9.17) is 4.74 Å². The molecule has 4 aliphatic heterocycles. The highest BCUT2D eigenvalue weighted by molar-refractivity contribution is 5.82. The van der Waals surface area contributed by atoms with Gasteiger partial charge in [-0.05, 0) is 32.4 Å². The maximum Gasteiger partial charge on any atom is 0.241 e. The Kier molecular flexibility index (Phi) is 8.15. The molecular weight excluding hydrogens is 500 g/mol. The third-order valence-corrected chi connectivity index (χ3v) is 8.62. The number of halogens is 2. The number of fused-ring (bicyclic) bond motifs is 1. The summed E-state index contributed by atoms with van der Waals surface area (Å²) in [5.41, 5.74) is 2.33. The highest BCUT2D eigenvalue weighted by Crippen LogP contribution is 2.43. The van der Waals surface area contributed by atoms with Crippen molar-refractivity contribution in [1.29, 1.82) is 0 Å². The molecule has 0 aliphatic carbocycles. The van der Waals surface area contributed by atoms with Crippen molar-refractivity contribution in [2.75, 3.05) is 52.4 Å². The molecule has 0 saturated carbocycles. The lowest BCUT2D eigenvalue weighted by atomic mass is 9.85. The molecule has 7 nitrogen and oxygen atoms in total. The Morgan fingerprint density at radius 2 is 1.95 bits per heavy atom. The number of hydrogen-bond acceptors (Lipinski definition) is 6. The maximum atomic E-state index is 14.4. The number of hydrogen-bond donors (Lipinski definition) is 1. The predicted molar refractivity (Wildman–Crippen MR) is 148 cm³/mol. The molecule has 1 aromatic carbocycles. The average Bonchev–Trinajstić information content (AvgIpc) is 3.15. The van der Waals surface area contributed by atoms with Crippen LogP contribution in [0, 0.1) is 17.0 Å². The van der Waals surface area contributed by atoms with Gasteiger partial charge in [-0.3, -0.25) is 14.6 Å². The molecule has 0 spiro atoms. The summed E-state index contributed by atoms with van der Waals surface area (Å²) in [6.45, 7) is 17.0.